The number of rotatable bonds is 10. The highest BCUT2D eigenvalue weighted by Gasteiger charge is 2.38. The summed E-state index contributed by atoms with van der Waals surface area (Å²) in [6.45, 7) is 13.7. The fourth-order valence-corrected chi connectivity index (χ4v) is 3.61. The van der Waals surface area contributed by atoms with Crippen LogP contribution in [-0.2, 0) is 11.3 Å². The Morgan fingerprint density at radius 2 is 1.87 bits per heavy atom. The molecule has 0 saturated carbocycles. The molecule has 2 aromatic carbocycles. The average Bonchev–Trinajstić information content (AvgIpc) is 2.74. The molecule has 1 amide bonds. The fraction of sp³-hybridized carbons (Fsp3) is 0.292. The lowest BCUT2D eigenvalue weighted by Gasteiger charge is -2.45. The molecule has 0 aliphatic rings. The molecule has 2 rings (SSSR count). The zero-order valence-electron chi connectivity index (χ0n) is 17.7. The van der Waals surface area contributed by atoms with Crippen LogP contribution in [-0.4, -0.2) is 35.1 Å². The minimum Gasteiger partial charge on any atom is -1.00 e. The van der Waals surface area contributed by atoms with Crippen LogP contribution in [0.4, 0.5) is 10.1 Å². The molecule has 162 valence electrons. The molecule has 2 aromatic rings. The normalized spacial score (nSPS) is 13.4. The molecule has 0 fully saturated rings. The molecule has 4 nitrogen and oxygen atoms in total. The number of anilines is 1. The SMILES string of the molecule is C=CCN(C(=O)C(C)c1ccccc1)[N+](CC)(CC=C)Cc1ccc(N)c(F)c1.[Cl-]. The Balaban J connectivity index is 0.00000450. The van der Waals surface area contributed by atoms with E-state index in [9.17, 15) is 9.18 Å². The van der Waals surface area contributed by atoms with Crippen LogP contribution in [0.1, 0.15) is 30.9 Å². The van der Waals surface area contributed by atoms with Crippen molar-refractivity contribution in [1.29, 1.82) is 0 Å². The highest BCUT2D eigenvalue weighted by atomic mass is 35.5. The van der Waals surface area contributed by atoms with Crippen LogP contribution < -0.4 is 18.1 Å². The molecule has 2 N–H and O–H groups in total. The molecule has 0 heterocycles. The van der Waals surface area contributed by atoms with Crippen molar-refractivity contribution in [2.24, 2.45) is 0 Å². The maximum Gasteiger partial charge on any atom is 0.275 e. The molecule has 2 atom stereocenters. The highest BCUT2D eigenvalue weighted by molar-refractivity contribution is 5.82. The summed E-state index contributed by atoms with van der Waals surface area (Å²) in [5.74, 6) is -0.765. The number of quaternary nitrogens is 1. The number of carbonyl (C=O) groups excluding carboxylic acids is 1. The van der Waals surface area contributed by atoms with E-state index >= 15 is 0 Å². The van der Waals surface area contributed by atoms with E-state index in [0.29, 0.717) is 30.8 Å². The van der Waals surface area contributed by atoms with Crippen molar-refractivity contribution in [3.05, 3.63) is 90.8 Å². The van der Waals surface area contributed by atoms with E-state index < -0.39 is 5.82 Å². The van der Waals surface area contributed by atoms with E-state index in [1.165, 1.54) is 6.07 Å². The van der Waals surface area contributed by atoms with Gasteiger partial charge in [0, 0.05) is 5.56 Å². The molecule has 6 heteroatoms. The van der Waals surface area contributed by atoms with Gasteiger partial charge >= 0.3 is 0 Å². The monoisotopic (exact) mass is 431 g/mol. The van der Waals surface area contributed by atoms with Crippen LogP contribution in [0.25, 0.3) is 0 Å². The van der Waals surface area contributed by atoms with Crippen LogP contribution >= 0.6 is 0 Å². The maximum atomic E-state index is 14.1. The molecule has 0 spiro atoms. The van der Waals surface area contributed by atoms with Gasteiger partial charge in [-0.1, -0.05) is 49.1 Å². The molecule has 0 bridgehead atoms. The van der Waals surface area contributed by atoms with Gasteiger partial charge < -0.3 is 18.1 Å². The average molecular weight is 432 g/mol. The first-order valence-corrected chi connectivity index (χ1v) is 9.87. The Labute approximate surface area is 185 Å². The van der Waals surface area contributed by atoms with Crippen LogP contribution in [0.15, 0.2) is 73.8 Å². The molecule has 0 aliphatic heterocycles. The number of hydrogen-bond donors (Lipinski definition) is 1. The summed E-state index contributed by atoms with van der Waals surface area (Å²) in [6, 6.07) is 14.5. The van der Waals surface area contributed by atoms with Gasteiger partial charge in [-0.3, -0.25) is 4.79 Å². The van der Waals surface area contributed by atoms with Gasteiger partial charge in [-0.15, -0.1) is 6.58 Å². The Hall–Kier alpha value is -2.63. The van der Waals surface area contributed by atoms with Crippen molar-refractivity contribution in [1.82, 2.24) is 5.01 Å². The molecule has 2 unspecified atom stereocenters. The Morgan fingerprint density at radius 1 is 1.20 bits per heavy atom. The topological polar surface area (TPSA) is 46.3 Å². The summed E-state index contributed by atoms with van der Waals surface area (Å²) in [6.07, 6.45) is 3.53. The summed E-state index contributed by atoms with van der Waals surface area (Å²) in [5.41, 5.74) is 7.47. The summed E-state index contributed by atoms with van der Waals surface area (Å²) in [7, 11) is 0. The molecular weight excluding hydrogens is 401 g/mol. The van der Waals surface area contributed by atoms with Gasteiger partial charge in [-0.25, -0.2) is 8.98 Å². The van der Waals surface area contributed by atoms with Crippen LogP contribution in [0.5, 0.6) is 0 Å². The number of nitrogens with zero attached hydrogens (tertiary/aromatic N) is 2. The van der Waals surface area contributed by atoms with Crippen molar-refractivity contribution in [3.8, 4) is 0 Å². The summed E-state index contributed by atoms with van der Waals surface area (Å²) >= 11 is 0. The number of carbonyl (C=O) groups is 1. The molecule has 0 aliphatic carbocycles. The molecule has 0 radical (unpaired) electrons. The fourth-order valence-electron chi connectivity index (χ4n) is 3.61. The number of likely N-dealkylation sites (N-methyl/N-ethyl adjacent to an activating group) is 1. The Kier molecular flexibility index (Phi) is 9.76. The second-order valence-corrected chi connectivity index (χ2v) is 7.24. The third-order valence-corrected chi connectivity index (χ3v) is 5.34. The molecule has 0 saturated heterocycles. The minimum atomic E-state index is -0.449. The molecule has 0 aromatic heterocycles. The Bertz CT molecular complexity index is 859. The van der Waals surface area contributed by atoms with Gasteiger partial charge in [0.2, 0.25) is 0 Å². The van der Waals surface area contributed by atoms with Crippen LogP contribution in [0.3, 0.4) is 0 Å². The first kappa shape index (κ1) is 25.4. The number of hydrogen-bond acceptors (Lipinski definition) is 2. The highest BCUT2D eigenvalue weighted by Crippen LogP contribution is 2.26. The van der Waals surface area contributed by atoms with Crippen molar-refractivity contribution in [2.45, 2.75) is 26.3 Å². The van der Waals surface area contributed by atoms with Gasteiger partial charge in [0.15, 0.2) is 0 Å². The lowest BCUT2D eigenvalue weighted by atomic mass is 10.00. The van der Waals surface area contributed by atoms with Gasteiger partial charge in [0.1, 0.15) is 18.9 Å². The van der Waals surface area contributed by atoms with Crippen molar-refractivity contribution in [3.63, 3.8) is 0 Å². The summed E-state index contributed by atoms with van der Waals surface area (Å²) < 4.78 is 14.4. The van der Waals surface area contributed by atoms with E-state index in [-0.39, 0.29) is 29.9 Å². The van der Waals surface area contributed by atoms with Gasteiger partial charge in [0.05, 0.1) is 24.7 Å². The second kappa shape index (κ2) is 11.5. The van der Waals surface area contributed by atoms with Gasteiger partial charge in [-0.2, -0.15) is 5.01 Å². The minimum absolute atomic E-state index is 0. The van der Waals surface area contributed by atoms with E-state index in [2.05, 4.69) is 13.2 Å². The summed E-state index contributed by atoms with van der Waals surface area (Å²) in [5, 5.41) is 1.82. The van der Waals surface area contributed by atoms with E-state index in [4.69, 9.17) is 5.73 Å². The predicted molar refractivity (Wildman–Crippen MR) is 117 cm³/mol. The third kappa shape index (κ3) is 5.71. The lowest BCUT2D eigenvalue weighted by molar-refractivity contribution is -1.03. The number of amides is 1. The first-order valence-electron chi connectivity index (χ1n) is 9.87. The predicted octanol–water partition coefficient (Wildman–Crippen LogP) is 1.67. The third-order valence-electron chi connectivity index (χ3n) is 5.34. The van der Waals surface area contributed by atoms with Crippen molar-refractivity contribution in [2.75, 3.05) is 25.4 Å². The number of halogens is 2. The van der Waals surface area contributed by atoms with Crippen LogP contribution in [0.2, 0.25) is 0 Å². The lowest BCUT2D eigenvalue weighted by Crippen LogP contribution is -3.00. The van der Waals surface area contributed by atoms with Crippen molar-refractivity contribution < 1.29 is 26.2 Å². The zero-order valence-corrected chi connectivity index (χ0v) is 18.5. The Morgan fingerprint density at radius 3 is 2.40 bits per heavy atom. The van der Waals surface area contributed by atoms with Crippen LogP contribution in [0, 0.1) is 5.82 Å². The van der Waals surface area contributed by atoms with E-state index in [1.807, 2.05) is 49.2 Å². The van der Waals surface area contributed by atoms with E-state index in [0.717, 1.165) is 11.1 Å². The van der Waals surface area contributed by atoms with Gasteiger partial charge in [-0.05, 0) is 37.6 Å². The quantitative estimate of drug-likeness (QED) is 0.269. The van der Waals surface area contributed by atoms with Gasteiger partial charge in [0.25, 0.3) is 5.91 Å². The second-order valence-electron chi connectivity index (χ2n) is 7.24. The molecular formula is C24H31ClFN3O. The maximum absolute atomic E-state index is 14.1. The smallest absolute Gasteiger partial charge is 0.275 e. The summed E-state index contributed by atoms with van der Waals surface area (Å²) in [4.78, 5) is 13.6. The van der Waals surface area contributed by atoms with E-state index in [1.54, 1.807) is 24.3 Å². The largest absolute Gasteiger partial charge is 1.00 e. The number of benzene rings is 2. The first-order chi connectivity index (χ1) is 13.9. The number of nitrogen functional groups attached to an aromatic ring is 1. The zero-order chi connectivity index (χ0) is 21.4. The number of nitrogens with two attached hydrogens (primary N) is 1. The van der Waals surface area contributed by atoms with Crippen molar-refractivity contribution >= 4 is 11.6 Å². The standard InChI is InChI=1S/C24H31FN3O.ClH/c1-5-15-27(24(29)19(4)21-11-9-8-10-12-21)28(7-3,16-6-2)18-20-13-14-23(26)22(25)17-20;/h5-6,8-14,17,19H,1-2,7,15-16,18,26H2,3-4H3;1H/q+1;/p-1. The molecule has 30 heavy (non-hydrogen) atoms.